The van der Waals surface area contributed by atoms with Crippen LogP contribution in [-0.4, -0.2) is 19.6 Å². The Hall–Kier alpha value is -1.87. The molecule has 2 aromatic rings. The topological polar surface area (TPSA) is 24.1 Å². The molecule has 2 heterocycles. The summed E-state index contributed by atoms with van der Waals surface area (Å²) in [7, 11) is 0. The fraction of sp³-hybridized carbons (Fsp3) is 0.333. The van der Waals surface area contributed by atoms with Gasteiger partial charge < -0.3 is 10.6 Å². The maximum atomic E-state index is 13.2. The molecule has 0 bridgehead atoms. The average molecular weight is 282 g/mol. The predicted octanol–water partition coefficient (Wildman–Crippen LogP) is 3.61. The highest BCUT2D eigenvalue weighted by atomic mass is 19.1. The molecule has 2 aliphatic rings. The maximum absolute atomic E-state index is 13.2. The number of para-hydroxylation sites is 1. The molecule has 2 atom stereocenters. The highest BCUT2D eigenvalue weighted by Crippen LogP contribution is 2.41. The number of halogens is 1. The Kier molecular flexibility index (Phi) is 3.15. The predicted molar refractivity (Wildman–Crippen MR) is 84.0 cm³/mol. The third-order valence-electron chi connectivity index (χ3n) is 4.81. The molecule has 0 radical (unpaired) electrons. The van der Waals surface area contributed by atoms with Crippen molar-refractivity contribution in [3.05, 3.63) is 53.8 Å². The van der Waals surface area contributed by atoms with Gasteiger partial charge in [0.1, 0.15) is 5.82 Å². The molecule has 0 unspecified atom stereocenters. The lowest BCUT2D eigenvalue weighted by atomic mass is 9.86. The lowest BCUT2D eigenvalue weighted by Crippen LogP contribution is -2.12. The fourth-order valence-corrected chi connectivity index (χ4v) is 3.73. The van der Waals surface area contributed by atoms with Crippen molar-refractivity contribution in [2.24, 2.45) is 5.92 Å². The van der Waals surface area contributed by atoms with E-state index in [4.69, 9.17) is 0 Å². The van der Waals surface area contributed by atoms with Crippen LogP contribution in [0.15, 0.2) is 42.5 Å². The zero-order valence-electron chi connectivity index (χ0n) is 11.9. The second kappa shape index (κ2) is 5.15. The van der Waals surface area contributed by atoms with E-state index in [9.17, 15) is 4.39 Å². The van der Waals surface area contributed by atoms with Crippen molar-refractivity contribution in [2.45, 2.75) is 12.3 Å². The molecule has 1 fully saturated rings. The molecule has 0 saturated carbocycles. The van der Waals surface area contributed by atoms with E-state index in [-0.39, 0.29) is 5.82 Å². The molecule has 21 heavy (non-hydrogen) atoms. The molecule has 2 aromatic carbocycles. The molecule has 4 rings (SSSR count). The van der Waals surface area contributed by atoms with E-state index in [1.54, 1.807) is 0 Å². The Morgan fingerprint density at radius 2 is 1.86 bits per heavy atom. The summed E-state index contributed by atoms with van der Waals surface area (Å²) in [6.07, 6.45) is 1.20. The first-order valence-electron chi connectivity index (χ1n) is 7.66. The first kappa shape index (κ1) is 12.8. The summed E-state index contributed by atoms with van der Waals surface area (Å²) in [6, 6.07) is 13.3. The normalized spacial score (nSPS) is 23.9. The molecule has 108 valence electrons. The number of anilines is 1. The number of benzene rings is 2. The molecule has 0 spiro atoms. The molecule has 2 nitrogen and oxygen atoms in total. The molecular formula is C18H19FN2. The zero-order chi connectivity index (χ0) is 14.2. The second-order valence-electron chi connectivity index (χ2n) is 6.02. The summed E-state index contributed by atoms with van der Waals surface area (Å²) in [5, 5.41) is 7.14. The average Bonchev–Trinajstić information content (AvgIpc) is 2.90. The molecule has 0 aromatic heterocycles. The van der Waals surface area contributed by atoms with Crippen molar-refractivity contribution in [2.75, 3.05) is 25.0 Å². The van der Waals surface area contributed by atoms with Crippen LogP contribution in [0.25, 0.3) is 11.1 Å². The van der Waals surface area contributed by atoms with Gasteiger partial charge in [-0.25, -0.2) is 4.39 Å². The number of hydrogen-bond donors (Lipinski definition) is 2. The van der Waals surface area contributed by atoms with Gasteiger partial charge in [0.15, 0.2) is 0 Å². The van der Waals surface area contributed by atoms with Crippen molar-refractivity contribution >= 4 is 5.69 Å². The summed E-state index contributed by atoms with van der Waals surface area (Å²) >= 11 is 0. The van der Waals surface area contributed by atoms with Gasteiger partial charge >= 0.3 is 0 Å². The van der Waals surface area contributed by atoms with E-state index in [0.29, 0.717) is 5.92 Å². The summed E-state index contributed by atoms with van der Waals surface area (Å²) < 4.78 is 13.2. The smallest absolute Gasteiger partial charge is 0.123 e. The monoisotopic (exact) mass is 282 g/mol. The van der Waals surface area contributed by atoms with Crippen molar-refractivity contribution in [3.8, 4) is 11.1 Å². The molecule has 0 amide bonds. The molecule has 2 aliphatic heterocycles. The minimum atomic E-state index is -0.186. The van der Waals surface area contributed by atoms with Crippen LogP contribution in [0, 0.1) is 11.7 Å². The van der Waals surface area contributed by atoms with E-state index >= 15 is 0 Å². The number of rotatable bonds is 1. The van der Waals surface area contributed by atoms with Crippen LogP contribution < -0.4 is 10.6 Å². The Bertz CT molecular complexity index is 651. The number of nitrogens with one attached hydrogen (secondary N) is 2. The quantitative estimate of drug-likeness (QED) is 0.835. The van der Waals surface area contributed by atoms with E-state index in [2.05, 4.69) is 28.8 Å². The first-order valence-corrected chi connectivity index (χ1v) is 7.66. The number of hydrogen-bond acceptors (Lipinski definition) is 2. The van der Waals surface area contributed by atoms with Crippen LogP contribution in [-0.2, 0) is 0 Å². The van der Waals surface area contributed by atoms with Crippen LogP contribution in [0.2, 0.25) is 0 Å². The van der Waals surface area contributed by atoms with Gasteiger partial charge in [-0.2, -0.15) is 0 Å². The van der Waals surface area contributed by atoms with Crippen LogP contribution >= 0.6 is 0 Å². The maximum Gasteiger partial charge on any atom is 0.123 e. The minimum absolute atomic E-state index is 0.186. The molecule has 1 saturated heterocycles. The Morgan fingerprint density at radius 3 is 2.71 bits per heavy atom. The third kappa shape index (κ3) is 2.22. The van der Waals surface area contributed by atoms with Crippen LogP contribution in [0.1, 0.15) is 17.9 Å². The summed E-state index contributed by atoms with van der Waals surface area (Å²) in [6.45, 7) is 3.19. The van der Waals surface area contributed by atoms with Crippen LogP contribution in [0.5, 0.6) is 0 Å². The minimum Gasteiger partial charge on any atom is -0.384 e. The van der Waals surface area contributed by atoms with Crippen molar-refractivity contribution < 1.29 is 4.39 Å². The van der Waals surface area contributed by atoms with E-state index in [0.717, 1.165) is 31.1 Å². The van der Waals surface area contributed by atoms with Gasteiger partial charge in [0, 0.05) is 30.3 Å². The van der Waals surface area contributed by atoms with E-state index < -0.39 is 0 Å². The van der Waals surface area contributed by atoms with Gasteiger partial charge in [0.05, 0.1) is 0 Å². The van der Waals surface area contributed by atoms with Gasteiger partial charge in [0.2, 0.25) is 0 Å². The van der Waals surface area contributed by atoms with Gasteiger partial charge in [-0.05, 0) is 42.1 Å². The summed E-state index contributed by atoms with van der Waals surface area (Å²) in [4.78, 5) is 0. The van der Waals surface area contributed by atoms with Crippen molar-refractivity contribution in [1.82, 2.24) is 5.32 Å². The Labute approximate surface area is 124 Å². The highest BCUT2D eigenvalue weighted by Gasteiger charge is 2.32. The van der Waals surface area contributed by atoms with Crippen LogP contribution in [0.4, 0.5) is 10.1 Å². The molecule has 3 heteroatoms. The molecule has 0 aliphatic carbocycles. The summed E-state index contributed by atoms with van der Waals surface area (Å²) in [5.74, 6) is 1.13. The van der Waals surface area contributed by atoms with Crippen molar-refractivity contribution in [1.29, 1.82) is 0 Å². The Morgan fingerprint density at radius 1 is 1.00 bits per heavy atom. The third-order valence-corrected chi connectivity index (χ3v) is 4.81. The second-order valence-corrected chi connectivity index (χ2v) is 6.02. The molecular weight excluding hydrogens is 263 g/mol. The lowest BCUT2D eigenvalue weighted by molar-refractivity contribution is 0.503. The standard InChI is InChI=1S/C18H19FN2/c19-14-6-4-12(5-7-14)15-2-1-3-16-17-11-20-10-13(17)8-9-21-18(15)16/h1-7,13,17,20-21H,8-11H2/t13-,17-/m1/s1. The van der Waals surface area contributed by atoms with Gasteiger partial charge in [-0.15, -0.1) is 0 Å². The Balaban J connectivity index is 1.83. The van der Waals surface area contributed by atoms with E-state index in [1.165, 1.54) is 35.4 Å². The van der Waals surface area contributed by atoms with Gasteiger partial charge in [-0.1, -0.05) is 30.3 Å². The lowest BCUT2D eigenvalue weighted by Gasteiger charge is -2.19. The molecule has 2 N–H and O–H groups in total. The highest BCUT2D eigenvalue weighted by molar-refractivity contribution is 5.81. The number of fused-ring (bicyclic) bond motifs is 3. The van der Waals surface area contributed by atoms with Gasteiger partial charge in [0.25, 0.3) is 0 Å². The van der Waals surface area contributed by atoms with Gasteiger partial charge in [-0.3, -0.25) is 0 Å². The first-order chi connectivity index (χ1) is 10.3. The van der Waals surface area contributed by atoms with Crippen LogP contribution in [0.3, 0.4) is 0 Å². The largest absolute Gasteiger partial charge is 0.384 e. The summed E-state index contributed by atoms with van der Waals surface area (Å²) in [5.41, 5.74) is 4.90. The van der Waals surface area contributed by atoms with Crippen molar-refractivity contribution in [3.63, 3.8) is 0 Å². The zero-order valence-corrected chi connectivity index (χ0v) is 11.9. The van der Waals surface area contributed by atoms with E-state index in [1.807, 2.05) is 12.1 Å². The SMILES string of the molecule is Fc1ccc(-c2cccc3c2NCC[C@@H]2CNC[C@@H]32)cc1. The fourth-order valence-electron chi connectivity index (χ4n) is 3.73.